The van der Waals surface area contributed by atoms with Gasteiger partial charge in [0.05, 0.1) is 50.7 Å². The van der Waals surface area contributed by atoms with Gasteiger partial charge >= 0.3 is 5.97 Å². The van der Waals surface area contributed by atoms with Crippen molar-refractivity contribution in [3.63, 3.8) is 0 Å². The molecule has 0 spiro atoms. The van der Waals surface area contributed by atoms with E-state index in [4.69, 9.17) is 28.4 Å². The topological polar surface area (TPSA) is 373 Å². The van der Waals surface area contributed by atoms with Crippen molar-refractivity contribution >= 4 is 17.8 Å². The average Bonchev–Trinajstić information content (AvgIpc) is 0.755. The third-order valence-electron chi connectivity index (χ3n) is 21.0. The number of carbonyl (C=O) groups excluding carboxylic acids is 2. The molecule has 0 aromatic rings. The minimum absolute atomic E-state index is 0.224. The van der Waals surface area contributed by atoms with Crippen LogP contribution in [0.25, 0.3) is 0 Å². The fourth-order valence-corrected chi connectivity index (χ4v) is 14.5. The molecule has 0 radical (unpaired) electrons. The van der Waals surface area contributed by atoms with Crippen LogP contribution in [0.4, 0.5) is 0 Å². The van der Waals surface area contributed by atoms with Crippen molar-refractivity contribution in [1.82, 2.24) is 10.6 Å². The molecule has 102 heavy (non-hydrogen) atoms. The number of nitrogens with one attached hydrogen (secondary N) is 2. The zero-order chi connectivity index (χ0) is 74.6. The Balaban J connectivity index is 1.51. The van der Waals surface area contributed by atoms with E-state index in [0.717, 1.165) is 64.7 Å². The number of aliphatic hydroxyl groups excluding tert-OH is 11. The number of aliphatic hydroxyl groups is 11. The zero-order valence-electron chi connectivity index (χ0n) is 63.5. The number of aliphatic carboxylic acids is 1. The summed E-state index contributed by atoms with van der Waals surface area (Å²) in [5.41, 5.74) is 0. The molecule has 0 aliphatic carbocycles. The number of ether oxygens (including phenoxy) is 6. The van der Waals surface area contributed by atoms with Crippen molar-refractivity contribution in [3.8, 4) is 0 Å². The summed E-state index contributed by atoms with van der Waals surface area (Å²) in [4.78, 5) is 38.7. The summed E-state index contributed by atoms with van der Waals surface area (Å²) in [7, 11) is 0. The molecule has 0 bridgehead atoms. The summed E-state index contributed by atoms with van der Waals surface area (Å²) < 4.78 is 35.0. The van der Waals surface area contributed by atoms with Crippen molar-refractivity contribution in [2.45, 2.75) is 445 Å². The highest BCUT2D eigenvalue weighted by Gasteiger charge is 2.60. The van der Waals surface area contributed by atoms with Gasteiger partial charge in [-0.3, -0.25) is 9.59 Å². The quantitative estimate of drug-likeness (QED) is 0.0199. The molecule has 2 amide bonds. The Morgan fingerprint density at radius 1 is 0.500 bits per heavy atom. The standard InChI is InChI=1S/C79H148N2O21/c1-4-6-8-10-12-14-16-18-20-22-24-26-28-29-30-31-33-35-37-39-41-43-45-47-49-51-53-66(89)81-60(61(86)52-50-48-46-44-42-40-38-36-34-32-27-25-23-21-19-17-15-13-11-9-7-5-2)58-97-76-71(93)70(92)73(65(57-84)99-76)100-77-72(94)75(69(91)64(56-83)98-77)102-79(78(95)96)54-62(87)67(80-59(3)85)74(101-79)68(90)63(88)55-82/h29-30,60-65,67-77,82-84,86-88,90-94H,4-28,31-58H2,1-3H3,(H,80,85)(H,81,89)(H,95,96)/b30-29-. The molecule has 3 aliphatic rings. The molecule has 0 saturated carbocycles. The van der Waals surface area contributed by atoms with Crippen LogP contribution in [0.3, 0.4) is 0 Å². The summed E-state index contributed by atoms with van der Waals surface area (Å²) in [6.45, 7) is 2.26. The van der Waals surface area contributed by atoms with Crippen molar-refractivity contribution in [2.75, 3.05) is 26.4 Å². The molecular weight excluding hydrogens is 1310 g/mol. The molecule has 23 nitrogen and oxygen atoms in total. The van der Waals surface area contributed by atoms with Gasteiger partial charge in [-0.25, -0.2) is 4.79 Å². The fourth-order valence-electron chi connectivity index (χ4n) is 14.5. The molecule has 600 valence electrons. The number of amides is 2. The van der Waals surface area contributed by atoms with E-state index in [2.05, 4.69) is 36.6 Å². The van der Waals surface area contributed by atoms with Gasteiger partial charge in [-0.15, -0.1) is 0 Å². The minimum atomic E-state index is -3.08. The second-order valence-electron chi connectivity index (χ2n) is 30.0. The Kier molecular flexibility index (Phi) is 53.7. The van der Waals surface area contributed by atoms with Gasteiger partial charge in [0.1, 0.15) is 67.1 Å². The maximum atomic E-state index is 13.6. The van der Waals surface area contributed by atoms with Gasteiger partial charge in [-0.2, -0.15) is 0 Å². The highest BCUT2D eigenvalue weighted by atomic mass is 16.8. The lowest BCUT2D eigenvalue weighted by Crippen LogP contribution is -2.70. The molecule has 3 fully saturated rings. The maximum absolute atomic E-state index is 13.6. The van der Waals surface area contributed by atoms with Gasteiger partial charge in [0, 0.05) is 19.8 Å². The number of carbonyl (C=O) groups is 3. The van der Waals surface area contributed by atoms with Crippen LogP contribution in [-0.2, 0) is 42.8 Å². The van der Waals surface area contributed by atoms with Crippen molar-refractivity contribution in [2.24, 2.45) is 0 Å². The summed E-state index contributed by atoms with van der Waals surface area (Å²) >= 11 is 0. The number of allylic oxidation sites excluding steroid dienone is 2. The molecular formula is C79H148N2O21. The first-order valence-electron chi connectivity index (χ1n) is 41.0. The van der Waals surface area contributed by atoms with Crippen LogP contribution in [0.5, 0.6) is 0 Å². The summed E-state index contributed by atoms with van der Waals surface area (Å²) in [6.07, 6.45) is 33.4. The molecule has 3 aliphatic heterocycles. The van der Waals surface area contributed by atoms with E-state index in [0.29, 0.717) is 19.3 Å². The maximum Gasteiger partial charge on any atom is 0.364 e. The van der Waals surface area contributed by atoms with Gasteiger partial charge in [-0.1, -0.05) is 289 Å². The second-order valence-corrected chi connectivity index (χ2v) is 30.0. The highest BCUT2D eigenvalue weighted by Crippen LogP contribution is 2.39. The molecule has 3 rings (SSSR count). The largest absolute Gasteiger partial charge is 0.477 e. The van der Waals surface area contributed by atoms with Crippen molar-refractivity contribution in [1.29, 1.82) is 0 Å². The number of hydrogen-bond donors (Lipinski definition) is 14. The lowest BCUT2D eigenvalue weighted by atomic mass is 9.88. The first-order valence-corrected chi connectivity index (χ1v) is 41.0. The van der Waals surface area contributed by atoms with Crippen LogP contribution in [-0.4, -0.2) is 215 Å². The SMILES string of the molecule is CCCCCCCCCCCCCC/C=C\CCCCCCCCCCCCC(=O)NC(COC1OC(CO)C(OC2OC(CO)C(O)C(OC3(C(=O)O)CC(O)C(NC(C)=O)C(C(O)C(O)CO)O3)C2O)C(O)C1O)C(O)CCCCCCCCCCCCCCCCCCCCCCCC. The Morgan fingerprint density at radius 3 is 1.32 bits per heavy atom. The lowest BCUT2D eigenvalue weighted by molar-refractivity contribution is -0.386. The van der Waals surface area contributed by atoms with Crippen LogP contribution >= 0.6 is 0 Å². The van der Waals surface area contributed by atoms with Crippen molar-refractivity contribution < 1.29 is 104 Å². The van der Waals surface area contributed by atoms with E-state index >= 15 is 0 Å². The number of rotatable bonds is 65. The molecule has 18 unspecified atom stereocenters. The Morgan fingerprint density at radius 2 is 0.912 bits per heavy atom. The van der Waals surface area contributed by atoms with E-state index < -0.39 is 148 Å². The van der Waals surface area contributed by atoms with E-state index in [1.54, 1.807) is 0 Å². The Bertz CT molecular complexity index is 2080. The normalized spacial score (nSPS) is 26.7. The van der Waals surface area contributed by atoms with E-state index in [9.17, 15) is 75.7 Å². The fraction of sp³-hybridized carbons (Fsp3) is 0.937. The third kappa shape index (κ3) is 38.5. The molecule has 23 heteroatoms. The molecule has 0 aromatic carbocycles. The first kappa shape index (κ1) is 93.7. The van der Waals surface area contributed by atoms with E-state index in [-0.39, 0.29) is 18.9 Å². The lowest BCUT2D eigenvalue weighted by Gasteiger charge is -2.50. The molecule has 14 N–H and O–H groups in total. The van der Waals surface area contributed by atoms with Crippen LogP contribution in [0.2, 0.25) is 0 Å². The molecule has 0 aromatic heterocycles. The predicted octanol–water partition coefficient (Wildman–Crippen LogP) is 11.0. The first-order chi connectivity index (χ1) is 49.4. The van der Waals surface area contributed by atoms with Crippen LogP contribution in [0.15, 0.2) is 12.2 Å². The number of hydrogen-bond acceptors (Lipinski definition) is 20. The molecule has 3 saturated heterocycles. The smallest absolute Gasteiger partial charge is 0.364 e. The Hall–Kier alpha value is -2.53. The summed E-state index contributed by atoms with van der Waals surface area (Å²) in [5.74, 6) is -6.09. The van der Waals surface area contributed by atoms with Crippen LogP contribution in [0.1, 0.15) is 335 Å². The molecule has 18 atom stereocenters. The number of unbranched alkanes of at least 4 members (excludes halogenated alkanes) is 43. The number of carboxylic acid groups (broad SMARTS) is 1. The van der Waals surface area contributed by atoms with Crippen LogP contribution < -0.4 is 10.6 Å². The summed E-state index contributed by atoms with van der Waals surface area (Å²) in [6, 6.07) is -2.53. The van der Waals surface area contributed by atoms with Gasteiger partial charge < -0.3 is 100 Å². The van der Waals surface area contributed by atoms with Gasteiger partial charge in [0.25, 0.3) is 5.79 Å². The monoisotopic (exact) mass is 1460 g/mol. The van der Waals surface area contributed by atoms with Crippen molar-refractivity contribution in [3.05, 3.63) is 12.2 Å². The zero-order valence-corrected chi connectivity index (χ0v) is 63.5. The second kappa shape index (κ2) is 58.5. The van der Waals surface area contributed by atoms with Crippen LogP contribution in [0, 0.1) is 0 Å². The summed E-state index contributed by atoms with van der Waals surface area (Å²) in [5, 5.41) is 137. The third-order valence-corrected chi connectivity index (χ3v) is 21.0. The predicted molar refractivity (Wildman–Crippen MR) is 394 cm³/mol. The van der Waals surface area contributed by atoms with E-state index in [1.165, 1.54) is 225 Å². The van der Waals surface area contributed by atoms with E-state index in [1.807, 2.05) is 0 Å². The van der Waals surface area contributed by atoms with Gasteiger partial charge in [0.15, 0.2) is 12.6 Å². The van der Waals surface area contributed by atoms with Gasteiger partial charge in [0.2, 0.25) is 11.8 Å². The molecule has 3 heterocycles. The highest BCUT2D eigenvalue weighted by molar-refractivity contribution is 5.77. The number of carboxylic acids is 1. The Labute approximate surface area is 613 Å². The van der Waals surface area contributed by atoms with Gasteiger partial charge in [-0.05, 0) is 38.5 Å². The average molecular weight is 1460 g/mol. The minimum Gasteiger partial charge on any atom is -0.477 e.